The molecule has 1 nitrogen and oxygen atoms in total. The molecule has 3 heteroatoms. The average Bonchev–Trinajstić information content (AvgIpc) is 2.67. The second kappa shape index (κ2) is 2.46. The molecule has 0 aromatic rings. The Morgan fingerprint density at radius 1 is 1.60 bits per heavy atom. The highest BCUT2D eigenvalue weighted by molar-refractivity contribution is 4.99. The maximum absolute atomic E-state index is 12.2. The van der Waals surface area contributed by atoms with E-state index in [2.05, 4.69) is 0 Å². The molecule has 0 aliphatic heterocycles. The van der Waals surface area contributed by atoms with Crippen LogP contribution in [-0.4, -0.2) is 12.0 Å². The molecule has 2 N–H and O–H groups in total. The Morgan fingerprint density at radius 3 is 2.20 bits per heavy atom. The number of hydrogen-bond donors (Lipinski definition) is 1. The van der Waals surface area contributed by atoms with Gasteiger partial charge in [0.05, 0.1) is 5.54 Å². The molecule has 0 bridgehead atoms. The summed E-state index contributed by atoms with van der Waals surface area (Å²) >= 11 is 0. The highest BCUT2D eigenvalue weighted by Gasteiger charge is 2.47. The first kappa shape index (κ1) is 7.92. The first-order chi connectivity index (χ1) is 4.61. The highest BCUT2D eigenvalue weighted by atomic mass is 19.3. The van der Waals surface area contributed by atoms with E-state index in [4.69, 9.17) is 5.73 Å². The van der Waals surface area contributed by atoms with E-state index in [1.54, 1.807) is 6.92 Å². The Labute approximate surface area is 59.6 Å². The molecule has 1 atom stereocenters. The van der Waals surface area contributed by atoms with Crippen LogP contribution in [0.25, 0.3) is 0 Å². The molecular weight excluding hydrogens is 136 g/mol. The smallest absolute Gasteiger partial charge is 0.256 e. The predicted molar refractivity (Wildman–Crippen MR) is 35.9 cm³/mol. The summed E-state index contributed by atoms with van der Waals surface area (Å²) in [5.41, 5.74) is 4.31. The Bertz CT molecular complexity index is 119. The minimum absolute atomic E-state index is 0.0810. The normalized spacial score (nSPS) is 24.9. The second-order valence-corrected chi connectivity index (χ2v) is 3.04. The van der Waals surface area contributed by atoms with Crippen molar-refractivity contribution in [1.82, 2.24) is 0 Å². The van der Waals surface area contributed by atoms with Crippen molar-refractivity contribution < 1.29 is 8.78 Å². The van der Waals surface area contributed by atoms with E-state index >= 15 is 0 Å². The summed E-state index contributed by atoms with van der Waals surface area (Å²) in [6.45, 7) is 1.73. The van der Waals surface area contributed by atoms with Gasteiger partial charge in [-0.15, -0.1) is 0 Å². The maximum Gasteiger partial charge on any atom is 0.256 e. The number of nitrogens with two attached hydrogens (primary N) is 1. The van der Waals surface area contributed by atoms with E-state index in [1.807, 2.05) is 0 Å². The van der Waals surface area contributed by atoms with Crippen LogP contribution >= 0.6 is 0 Å². The third kappa shape index (κ3) is 1.15. The Kier molecular flexibility index (Phi) is 1.95. The van der Waals surface area contributed by atoms with Gasteiger partial charge >= 0.3 is 0 Å². The van der Waals surface area contributed by atoms with Gasteiger partial charge in [0.2, 0.25) is 0 Å². The number of alkyl halides is 2. The van der Waals surface area contributed by atoms with E-state index in [1.165, 1.54) is 0 Å². The molecule has 0 spiro atoms. The van der Waals surface area contributed by atoms with Crippen LogP contribution in [0.1, 0.15) is 26.2 Å². The van der Waals surface area contributed by atoms with Crippen LogP contribution < -0.4 is 5.73 Å². The van der Waals surface area contributed by atoms with E-state index in [0.717, 1.165) is 12.8 Å². The Hall–Kier alpha value is -0.180. The molecule has 60 valence electrons. The molecule has 1 aliphatic carbocycles. The summed E-state index contributed by atoms with van der Waals surface area (Å²) in [7, 11) is 0. The van der Waals surface area contributed by atoms with Gasteiger partial charge in [-0.05, 0) is 25.2 Å². The van der Waals surface area contributed by atoms with Crippen LogP contribution in [0, 0.1) is 5.92 Å². The minimum atomic E-state index is -2.36. The van der Waals surface area contributed by atoms with Crippen LogP contribution in [0.15, 0.2) is 0 Å². The average molecular weight is 149 g/mol. The molecule has 10 heavy (non-hydrogen) atoms. The Balaban J connectivity index is 2.56. The van der Waals surface area contributed by atoms with Gasteiger partial charge in [0.1, 0.15) is 0 Å². The van der Waals surface area contributed by atoms with Crippen molar-refractivity contribution in [3.05, 3.63) is 0 Å². The van der Waals surface area contributed by atoms with E-state index in [9.17, 15) is 8.78 Å². The molecule has 0 radical (unpaired) electrons. The first-order valence-electron chi connectivity index (χ1n) is 3.68. The molecule has 1 saturated carbocycles. The fraction of sp³-hybridized carbons (Fsp3) is 1.00. The monoisotopic (exact) mass is 149 g/mol. The fourth-order valence-electron chi connectivity index (χ4n) is 1.24. The zero-order valence-corrected chi connectivity index (χ0v) is 6.11. The third-order valence-corrected chi connectivity index (χ3v) is 2.36. The van der Waals surface area contributed by atoms with Gasteiger partial charge in [0.15, 0.2) is 0 Å². The topological polar surface area (TPSA) is 26.0 Å². The summed E-state index contributed by atoms with van der Waals surface area (Å²) in [6, 6.07) is 0. The van der Waals surface area contributed by atoms with Gasteiger partial charge in [-0.1, -0.05) is 6.92 Å². The summed E-state index contributed by atoms with van der Waals surface area (Å²) in [5.74, 6) is 0.0810. The maximum atomic E-state index is 12.2. The third-order valence-electron chi connectivity index (χ3n) is 2.36. The molecule has 0 aromatic heterocycles. The number of rotatable bonds is 3. The highest BCUT2D eigenvalue weighted by Crippen LogP contribution is 2.42. The largest absolute Gasteiger partial charge is 0.320 e. The lowest BCUT2D eigenvalue weighted by molar-refractivity contribution is 0.0381. The standard InChI is InChI=1S/C7H13F2N/c1-2-7(10,6(8)9)5-3-4-5/h5-6H,2-4,10H2,1H3. The van der Waals surface area contributed by atoms with Crippen LogP contribution in [0.2, 0.25) is 0 Å². The zero-order valence-electron chi connectivity index (χ0n) is 6.11. The van der Waals surface area contributed by atoms with Gasteiger partial charge in [0.25, 0.3) is 6.43 Å². The molecule has 0 aromatic carbocycles. The molecule has 0 saturated heterocycles. The van der Waals surface area contributed by atoms with E-state index < -0.39 is 12.0 Å². The van der Waals surface area contributed by atoms with Crippen molar-refractivity contribution >= 4 is 0 Å². The number of halogens is 2. The summed E-state index contributed by atoms with van der Waals surface area (Å²) in [5, 5.41) is 0. The fourth-order valence-corrected chi connectivity index (χ4v) is 1.24. The molecule has 1 unspecified atom stereocenters. The van der Waals surface area contributed by atoms with Crippen LogP contribution in [0.4, 0.5) is 8.78 Å². The molecule has 0 heterocycles. The molecule has 0 amide bonds. The quantitative estimate of drug-likeness (QED) is 0.650. The SMILES string of the molecule is CCC(N)(C(F)F)C1CC1. The van der Waals surface area contributed by atoms with Crippen LogP contribution in [0.5, 0.6) is 0 Å². The Morgan fingerprint density at radius 2 is 2.10 bits per heavy atom. The van der Waals surface area contributed by atoms with E-state index in [0.29, 0.717) is 6.42 Å². The molecule has 1 aliphatic rings. The van der Waals surface area contributed by atoms with Gasteiger partial charge < -0.3 is 5.73 Å². The van der Waals surface area contributed by atoms with Crippen LogP contribution in [0.3, 0.4) is 0 Å². The number of hydrogen-bond acceptors (Lipinski definition) is 1. The van der Waals surface area contributed by atoms with Crippen molar-refractivity contribution in [1.29, 1.82) is 0 Å². The van der Waals surface area contributed by atoms with Crippen molar-refractivity contribution in [2.24, 2.45) is 11.7 Å². The van der Waals surface area contributed by atoms with Crippen molar-refractivity contribution in [2.45, 2.75) is 38.2 Å². The molecular formula is C7H13F2N. The van der Waals surface area contributed by atoms with Crippen molar-refractivity contribution in [3.63, 3.8) is 0 Å². The molecule has 1 fully saturated rings. The van der Waals surface area contributed by atoms with Gasteiger partial charge in [-0.25, -0.2) is 8.78 Å². The lowest BCUT2D eigenvalue weighted by atomic mass is 9.92. The van der Waals surface area contributed by atoms with Gasteiger partial charge in [0, 0.05) is 0 Å². The predicted octanol–water partition coefficient (Wildman–Crippen LogP) is 1.77. The summed E-state index contributed by atoms with van der Waals surface area (Å²) < 4.78 is 24.5. The lowest BCUT2D eigenvalue weighted by Gasteiger charge is -2.26. The second-order valence-electron chi connectivity index (χ2n) is 3.04. The van der Waals surface area contributed by atoms with Crippen LogP contribution in [-0.2, 0) is 0 Å². The summed E-state index contributed by atoms with van der Waals surface area (Å²) in [4.78, 5) is 0. The van der Waals surface area contributed by atoms with E-state index in [-0.39, 0.29) is 5.92 Å². The van der Waals surface area contributed by atoms with Gasteiger partial charge in [-0.2, -0.15) is 0 Å². The first-order valence-corrected chi connectivity index (χ1v) is 3.68. The molecule has 1 rings (SSSR count). The zero-order chi connectivity index (χ0) is 7.78. The van der Waals surface area contributed by atoms with Crippen molar-refractivity contribution in [3.8, 4) is 0 Å². The minimum Gasteiger partial charge on any atom is -0.320 e. The van der Waals surface area contributed by atoms with Crippen molar-refractivity contribution in [2.75, 3.05) is 0 Å². The lowest BCUT2D eigenvalue weighted by Crippen LogP contribution is -2.48. The summed E-state index contributed by atoms with van der Waals surface area (Å²) in [6.07, 6.45) is -0.205. The van der Waals surface area contributed by atoms with Gasteiger partial charge in [-0.3, -0.25) is 0 Å².